The average Bonchev–Trinajstić information content (AvgIpc) is 3.22. The minimum Gasteiger partial charge on any atom is -0.370 e. The molecule has 4 unspecified atom stereocenters. The Morgan fingerprint density at radius 2 is 1.00 bits per heavy atom. The minimum atomic E-state index is 0. The highest BCUT2D eigenvalue weighted by atomic mass is 16.6. The van der Waals surface area contributed by atoms with Gasteiger partial charge in [0.2, 0.25) is 0 Å². The second-order valence-corrected chi connectivity index (χ2v) is 5.40. The summed E-state index contributed by atoms with van der Waals surface area (Å²) in [4.78, 5) is 0. The van der Waals surface area contributed by atoms with Crippen LogP contribution < -0.4 is 0 Å². The molecule has 20 heavy (non-hydrogen) atoms. The van der Waals surface area contributed by atoms with Crippen LogP contribution in [0.25, 0.3) is 0 Å². The van der Waals surface area contributed by atoms with Crippen molar-refractivity contribution < 1.29 is 4.74 Å². The Balaban J connectivity index is -0.0000000833. The maximum Gasteiger partial charge on any atom is 0.0811 e. The van der Waals surface area contributed by atoms with Crippen LogP contribution in [0.3, 0.4) is 0 Å². The Labute approximate surface area is 131 Å². The first-order valence-corrected chi connectivity index (χ1v) is 7.67. The average molecular weight is 289 g/mol. The Bertz CT molecular complexity index is 154. The molecular weight excluding hydrogens is 244 g/mol. The lowest BCUT2D eigenvalue weighted by molar-refractivity contribution is 0.389. The zero-order chi connectivity index (χ0) is 14.6. The number of hydrogen-bond donors (Lipinski definition) is 0. The first-order chi connectivity index (χ1) is 8.44. The van der Waals surface area contributed by atoms with Crippen molar-refractivity contribution >= 4 is 0 Å². The summed E-state index contributed by atoms with van der Waals surface area (Å²) in [6.07, 6.45) is 9.21. The summed E-state index contributed by atoms with van der Waals surface area (Å²) in [7, 11) is 0. The van der Waals surface area contributed by atoms with Crippen LogP contribution in [0.2, 0.25) is 0 Å². The summed E-state index contributed by atoms with van der Waals surface area (Å²) in [5.41, 5.74) is 0. The summed E-state index contributed by atoms with van der Waals surface area (Å²) >= 11 is 0. The van der Waals surface area contributed by atoms with Crippen LogP contribution >= 0.6 is 0 Å². The summed E-state index contributed by atoms with van der Waals surface area (Å²) in [6, 6.07) is 0. The largest absolute Gasteiger partial charge is 0.370 e. The second kappa shape index (κ2) is 18.7. The van der Waals surface area contributed by atoms with E-state index in [0.717, 1.165) is 11.8 Å². The predicted molar refractivity (Wildman–Crippen MR) is 97.5 cm³/mol. The highest BCUT2D eigenvalue weighted by Gasteiger charge is 2.27. The van der Waals surface area contributed by atoms with Gasteiger partial charge in [-0.2, -0.15) is 0 Å². The maximum absolute atomic E-state index is 4.92. The summed E-state index contributed by atoms with van der Waals surface area (Å²) in [5.74, 6) is 2.10. The number of hydrogen-bond acceptors (Lipinski definition) is 1. The van der Waals surface area contributed by atoms with Gasteiger partial charge in [0.05, 0.1) is 12.2 Å². The molecule has 0 bridgehead atoms. The third kappa shape index (κ3) is 26.3. The van der Waals surface area contributed by atoms with Gasteiger partial charge in [-0.05, 0) is 46.0 Å². The topological polar surface area (TPSA) is 12.5 Å². The summed E-state index contributed by atoms with van der Waals surface area (Å²) in [6.45, 7) is 17.1. The molecule has 1 saturated heterocycles. The first kappa shape index (κ1) is 27.9. The molecule has 2 fully saturated rings. The number of unbranched alkanes of at least 4 members (excludes halogenated alkanes) is 1. The lowest BCUT2D eigenvalue weighted by Crippen LogP contribution is -1.74. The summed E-state index contributed by atoms with van der Waals surface area (Å²) in [5, 5.41) is 0. The van der Waals surface area contributed by atoms with E-state index in [4.69, 9.17) is 4.74 Å². The van der Waals surface area contributed by atoms with Crippen LogP contribution in [-0.2, 0) is 4.74 Å². The Hall–Kier alpha value is -0.300. The van der Waals surface area contributed by atoms with Crippen molar-refractivity contribution in [3.8, 4) is 0 Å². The Morgan fingerprint density at radius 3 is 1.00 bits per heavy atom. The SMILES string of the molecule is C.C.CC1CC1C.CC1OC1C.CC=CC.CCCC. The van der Waals surface area contributed by atoms with E-state index in [9.17, 15) is 0 Å². The van der Waals surface area contributed by atoms with Gasteiger partial charge in [-0.15, -0.1) is 0 Å². The number of allylic oxidation sites excluding steroid dienone is 2. The van der Waals surface area contributed by atoms with Gasteiger partial charge >= 0.3 is 0 Å². The van der Waals surface area contributed by atoms with Gasteiger partial charge < -0.3 is 4.74 Å². The molecule has 0 spiro atoms. The van der Waals surface area contributed by atoms with Crippen LogP contribution in [-0.4, -0.2) is 12.2 Å². The molecule has 1 aliphatic carbocycles. The molecule has 4 atom stereocenters. The Kier molecular flexibility index (Phi) is 26.1. The molecule has 2 aliphatic rings. The van der Waals surface area contributed by atoms with Crippen molar-refractivity contribution in [1.82, 2.24) is 0 Å². The van der Waals surface area contributed by atoms with Crippen LogP contribution in [0.1, 0.15) is 89.5 Å². The molecule has 126 valence electrons. The van der Waals surface area contributed by atoms with Gasteiger partial charge in [0.15, 0.2) is 0 Å². The smallest absolute Gasteiger partial charge is 0.0811 e. The third-order valence-electron chi connectivity index (χ3n) is 3.36. The molecule has 0 radical (unpaired) electrons. The first-order valence-electron chi connectivity index (χ1n) is 7.67. The van der Waals surface area contributed by atoms with Crippen molar-refractivity contribution in [1.29, 1.82) is 0 Å². The van der Waals surface area contributed by atoms with E-state index in [1.54, 1.807) is 0 Å². The molecule has 1 heteroatoms. The fourth-order valence-electron chi connectivity index (χ4n) is 0.801. The van der Waals surface area contributed by atoms with E-state index < -0.39 is 0 Å². The van der Waals surface area contributed by atoms with Crippen LogP contribution in [0, 0.1) is 11.8 Å². The predicted octanol–water partition coefficient (Wildman–Crippen LogP) is 7.12. The van der Waals surface area contributed by atoms with E-state index in [1.807, 2.05) is 26.0 Å². The van der Waals surface area contributed by atoms with Gasteiger partial charge in [0.1, 0.15) is 0 Å². The van der Waals surface area contributed by atoms with Gasteiger partial charge in [-0.1, -0.05) is 67.5 Å². The molecule has 0 N–H and O–H groups in total. The molecular formula is C19H44O. The zero-order valence-electron chi connectivity index (χ0n) is 14.0. The second-order valence-electron chi connectivity index (χ2n) is 5.40. The van der Waals surface area contributed by atoms with E-state index in [0.29, 0.717) is 12.2 Å². The fourth-order valence-corrected chi connectivity index (χ4v) is 0.801. The number of rotatable bonds is 1. The maximum atomic E-state index is 4.92. The van der Waals surface area contributed by atoms with E-state index in [1.165, 1.54) is 19.3 Å². The molecule has 0 aromatic rings. The molecule has 0 amide bonds. The van der Waals surface area contributed by atoms with Crippen molar-refractivity contribution in [2.45, 2.75) is 102 Å². The van der Waals surface area contributed by atoms with Crippen molar-refractivity contribution in [3.63, 3.8) is 0 Å². The lowest BCUT2D eigenvalue weighted by Gasteiger charge is -1.68. The monoisotopic (exact) mass is 288 g/mol. The van der Waals surface area contributed by atoms with Gasteiger partial charge in [-0.3, -0.25) is 0 Å². The van der Waals surface area contributed by atoms with Crippen molar-refractivity contribution in [3.05, 3.63) is 12.2 Å². The molecule has 0 aromatic heterocycles. The molecule has 1 aliphatic heterocycles. The van der Waals surface area contributed by atoms with Crippen LogP contribution in [0.4, 0.5) is 0 Å². The molecule has 1 nitrogen and oxygen atoms in total. The molecule has 1 heterocycles. The summed E-state index contributed by atoms with van der Waals surface area (Å²) < 4.78 is 4.92. The van der Waals surface area contributed by atoms with Crippen LogP contribution in [0.5, 0.6) is 0 Å². The van der Waals surface area contributed by atoms with E-state index >= 15 is 0 Å². The molecule has 0 aromatic carbocycles. The normalized spacial score (nSPS) is 28.0. The van der Waals surface area contributed by atoms with Gasteiger partial charge in [-0.25, -0.2) is 0 Å². The van der Waals surface area contributed by atoms with E-state index in [2.05, 4.69) is 41.5 Å². The van der Waals surface area contributed by atoms with Crippen molar-refractivity contribution in [2.75, 3.05) is 0 Å². The highest BCUT2D eigenvalue weighted by Crippen LogP contribution is 2.36. The van der Waals surface area contributed by atoms with Gasteiger partial charge in [0.25, 0.3) is 0 Å². The van der Waals surface area contributed by atoms with Crippen LogP contribution in [0.15, 0.2) is 12.2 Å². The minimum absolute atomic E-state index is 0. The molecule has 2 rings (SSSR count). The highest BCUT2D eigenvalue weighted by molar-refractivity contribution is 4.76. The Morgan fingerprint density at radius 1 is 0.800 bits per heavy atom. The van der Waals surface area contributed by atoms with Crippen molar-refractivity contribution in [2.24, 2.45) is 11.8 Å². The lowest BCUT2D eigenvalue weighted by atomic mass is 10.4. The van der Waals surface area contributed by atoms with E-state index in [-0.39, 0.29) is 14.9 Å². The fraction of sp³-hybridized carbons (Fsp3) is 0.895. The number of ether oxygens (including phenoxy) is 1. The quantitative estimate of drug-likeness (QED) is 0.370. The third-order valence-corrected chi connectivity index (χ3v) is 3.36. The van der Waals surface area contributed by atoms with Gasteiger partial charge in [0, 0.05) is 0 Å². The standard InChI is InChI=1S/C5H10.C4H8O.C4H10.C4H8.2CH4/c1-4-3-5(4)2;1-3-4(2)5-3;2*1-3-4-2;;/h4-5H,3H2,1-2H3;3-4H,1-2H3;3-4H2,1-2H3;3-4H,1-2H3;2*1H4. The zero-order valence-corrected chi connectivity index (χ0v) is 14.0. The number of epoxide rings is 1. The molecule has 1 saturated carbocycles.